The van der Waals surface area contributed by atoms with E-state index in [2.05, 4.69) is 10.3 Å². The number of rotatable bonds is 8. The van der Waals surface area contributed by atoms with Gasteiger partial charge in [0.2, 0.25) is 0 Å². The van der Waals surface area contributed by atoms with Gasteiger partial charge in [-0.15, -0.1) is 0 Å². The maximum atomic E-state index is 12.1. The summed E-state index contributed by atoms with van der Waals surface area (Å²) in [5.74, 6) is -0.321. The van der Waals surface area contributed by atoms with Gasteiger partial charge in [-0.25, -0.2) is 4.79 Å². The van der Waals surface area contributed by atoms with Gasteiger partial charge in [0.1, 0.15) is 5.69 Å². The lowest BCUT2D eigenvalue weighted by atomic mass is 10.2. The maximum Gasteiger partial charge on any atom is 0.335 e. The Morgan fingerprint density at radius 1 is 1.20 bits per heavy atom. The van der Waals surface area contributed by atoms with Crippen molar-refractivity contribution in [2.45, 2.75) is 19.9 Å². The Morgan fingerprint density at radius 2 is 2.00 bits per heavy atom. The number of aromatic nitrogens is 1. The van der Waals surface area contributed by atoms with Crippen LogP contribution in [-0.2, 0) is 6.54 Å². The minimum absolute atomic E-state index is 0.0132. The highest BCUT2D eigenvalue weighted by Crippen LogP contribution is 2.28. The fourth-order valence-corrected chi connectivity index (χ4v) is 2.11. The van der Waals surface area contributed by atoms with Crippen LogP contribution in [0.4, 0.5) is 0 Å². The number of amides is 1. The summed E-state index contributed by atoms with van der Waals surface area (Å²) < 4.78 is 10.9. The molecular formula is C18H20N2O5. The lowest BCUT2D eigenvalue weighted by Gasteiger charge is -2.12. The standard InChI is InChI=1S/C18H20N2O5/c1-3-8-25-15-5-4-12(9-16(15)24-2)11-20-17(21)14-10-13(18(22)23)6-7-19-14/h4-7,9-10H,3,8,11H2,1-2H3,(H,20,21)(H,22,23). The normalized spacial score (nSPS) is 10.2. The summed E-state index contributed by atoms with van der Waals surface area (Å²) in [4.78, 5) is 27.0. The first-order valence-electron chi connectivity index (χ1n) is 7.82. The smallest absolute Gasteiger partial charge is 0.335 e. The van der Waals surface area contributed by atoms with Gasteiger partial charge in [-0.3, -0.25) is 9.78 Å². The number of hydrogen-bond donors (Lipinski definition) is 2. The molecule has 0 fully saturated rings. The maximum absolute atomic E-state index is 12.1. The van der Waals surface area contributed by atoms with E-state index in [9.17, 15) is 9.59 Å². The van der Waals surface area contributed by atoms with Gasteiger partial charge in [0.05, 0.1) is 19.3 Å². The molecule has 2 N–H and O–H groups in total. The molecule has 0 bridgehead atoms. The van der Waals surface area contributed by atoms with E-state index >= 15 is 0 Å². The minimum atomic E-state index is -1.11. The average Bonchev–Trinajstić information content (AvgIpc) is 2.64. The fraction of sp³-hybridized carbons (Fsp3) is 0.278. The Morgan fingerprint density at radius 3 is 2.68 bits per heavy atom. The number of hydrogen-bond acceptors (Lipinski definition) is 5. The van der Waals surface area contributed by atoms with E-state index in [1.165, 1.54) is 18.3 Å². The van der Waals surface area contributed by atoms with E-state index in [-0.39, 0.29) is 17.8 Å². The average molecular weight is 344 g/mol. The predicted octanol–water partition coefficient (Wildman–Crippen LogP) is 2.51. The molecule has 1 aromatic carbocycles. The molecule has 0 saturated heterocycles. The second kappa shape index (κ2) is 8.68. The first-order valence-corrected chi connectivity index (χ1v) is 7.82. The molecule has 2 rings (SSSR count). The number of nitrogens with zero attached hydrogens (tertiary/aromatic N) is 1. The lowest BCUT2D eigenvalue weighted by Crippen LogP contribution is -2.24. The molecule has 0 spiro atoms. The van der Waals surface area contributed by atoms with Crippen LogP contribution < -0.4 is 14.8 Å². The first-order chi connectivity index (χ1) is 12.0. The van der Waals surface area contributed by atoms with Crippen molar-refractivity contribution in [2.75, 3.05) is 13.7 Å². The Labute approximate surface area is 145 Å². The second-order valence-electron chi connectivity index (χ2n) is 5.25. The minimum Gasteiger partial charge on any atom is -0.493 e. The van der Waals surface area contributed by atoms with E-state index < -0.39 is 11.9 Å². The number of ether oxygens (including phenoxy) is 2. The zero-order chi connectivity index (χ0) is 18.2. The highest BCUT2D eigenvalue weighted by Gasteiger charge is 2.12. The molecular weight excluding hydrogens is 324 g/mol. The van der Waals surface area contributed by atoms with Crippen molar-refractivity contribution in [2.24, 2.45) is 0 Å². The summed E-state index contributed by atoms with van der Waals surface area (Å²) >= 11 is 0. The van der Waals surface area contributed by atoms with Crippen LogP contribution in [0.1, 0.15) is 39.8 Å². The number of nitrogens with one attached hydrogen (secondary N) is 1. The SMILES string of the molecule is CCCOc1ccc(CNC(=O)c2cc(C(=O)O)ccn2)cc1OC. The van der Waals surface area contributed by atoms with Crippen molar-refractivity contribution in [1.29, 1.82) is 0 Å². The molecule has 1 aromatic heterocycles. The van der Waals surface area contributed by atoms with Gasteiger partial charge in [-0.1, -0.05) is 13.0 Å². The van der Waals surface area contributed by atoms with Crippen LogP contribution in [0.25, 0.3) is 0 Å². The summed E-state index contributed by atoms with van der Waals surface area (Å²) in [7, 11) is 1.55. The Bertz CT molecular complexity index is 761. The third kappa shape index (κ3) is 4.94. The molecule has 7 nitrogen and oxygen atoms in total. The summed E-state index contributed by atoms with van der Waals surface area (Å²) in [5, 5.41) is 11.7. The number of carbonyl (C=O) groups is 2. The largest absolute Gasteiger partial charge is 0.493 e. The molecule has 0 radical (unpaired) electrons. The van der Waals surface area contributed by atoms with E-state index in [1.54, 1.807) is 19.2 Å². The van der Waals surface area contributed by atoms with Crippen LogP contribution in [0.2, 0.25) is 0 Å². The number of carboxylic acids is 1. The van der Waals surface area contributed by atoms with Gasteiger partial charge in [-0.05, 0) is 36.2 Å². The molecule has 132 valence electrons. The number of aromatic carboxylic acids is 1. The van der Waals surface area contributed by atoms with Crippen molar-refractivity contribution in [1.82, 2.24) is 10.3 Å². The van der Waals surface area contributed by atoms with Gasteiger partial charge >= 0.3 is 5.97 Å². The zero-order valence-corrected chi connectivity index (χ0v) is 14.1. The van der Waals surface area contributed by atoms with Crippen molar-refractivity contribution in [3.63, 3.8) is 0 Å². The molecule has 2 aromatic rings. The topological polar surface area (TPSA) is 97.8 Å². The van der Waals surface area contributed by atoms with Crippen LogP contribution in [-0.4, -0.2) is 35.7 Å². The Hall–Kier alpha value is -3.09. The zero-order valence-electron chi connectivity index (χ0n) is 14.1. The summed E-state index contributed by atoms with van der Waals surface area (Å²) in [6.07, 6.45) is 2.19. The van der Waals surface area contributed by atoms with Crippen LogP contribution in [0.5, 0.6) is 11.5 Å². The van der Waals surface area contributed by atoms with Crippen molar-refractivity contribution in [3.8, 4) is 11.5 Å². The lowest BCUT2D eigenvalue weighted by molar-refractivity contribution is 0.0696. The molecule has 0 atom stereocenters. The number of carbonyl (C=O) groups excluding carboxylic acids is 1. The summed E-state index contributed by atoms with van der Waals surface area (Å²) in [5.41, 5.74) is 0.887. The quantitative estimate of drug-likeness (QED) is 0.763. The highest BCUT2D eigenvalue weighted by molar-refractivity contribution is 5.95. The van der Waals surface area contributed by atoms with E-state index in [0.717, 1.165) is 12.0 Å². The molecule has 0 aliphatic heterocycles. The highest BCUT2D eigenvalue weighted by atomic mass is 16.5. The van der Waals surface area contributed by atoms with Crippen molar-refractivity contribution < 1.29 is 24.2 Å². The fourth-order valence-electron chi connectivity index (χ4n) is 2.11. The molecule has 0 aliphatic carbocycles. The number of pyridine rings is 1. The second-order valence-corrected chi connectivity index (χ2v) is 5.25. The van der Waals surface area contributed by atoms with E-state index in [0.29, 0.717) is 18.1 Å². The predicted molar refractivity (Wildman–Crippen MR) is 91.1 cm³/mol. The van der Waals surface area contributed by atoms with Gasteiger partial charge in [0.25, 0.3) is 5.91 Å². The number of benzene rings is 1. The Balaban J connectivity index is 2.04. The first kappa shape index (κ1) is 18.3. The van der Waals surface area contributed by atoms with E-state index in [1.807, 2.05) is 13.0 Å². The van der Waals surface area contributed by atoms with Crippen LogP contribution >= 0.6 is 0 Å². The van der Waals surface area contributed by atoms with Crippen LogP contribution in [0.3, 0.4) is 0 Å². The van der Waals surface area contributed by atoms with Gasteiger partial charge in [0.15, 0.2) is 11.5 Å². The summed E-state index contributed by atoms with van der Waals surface area (Å²) in [6.45, 7) is 2.87. The molecule has 7 heteroatoms. The molecule has 0 aliphatic rings. The molecule has 1 heterocycles. The number of carboxylic acid groups (broad SMARTS) is 1. The van der Waals surface area contributed by atoms with Gasteiger partial charge in [0, 0.05) is 12.7 Å². The van der Waals surface area contributed by atoms with Crippen LogP contribution in [0.15, 0.2) is 36.5 Å². The third-order valence-corrected chi connectivity index (χ3v) is 3.38. The van der Waals surface area contributed by atoms with Gasteiger partial charge < -0.3 is 19.9 Å². The van der Waals surface area contributed by atoms with Crippen molar-refractivity contribution in [3.05, 3.63) is 53.3 Å². The monoisotopic (exact) mass is 344 g/mol. The van der Waals surface area contributed by atoms with Crippen molar-refractivity contribution >= 4 is 11.9 Å². The Kier molecular flexibility index (Phi) is 6.33. The van der Waals surface area contributed by atoms with Crippen LogP contribution in [0, 0.1) is 0 Å². The summed E-state index contributed by atoms with van der Waals surface area (Å²) in [6, 6.07) is 7.97. The molecule has 0 saturated carbocycles. The van der Waals surface area contributed by atoms with E-state index in [4.69, 9.17) is 14.6 Å². The number of methoxy groups -OCH3 is 1. The molecule has 25 heavy (non-hydrogen) atoms. The molecule has 0 unspecified atom stereocenters. The van der Waals surface area contributed by atoms with Gasteiger partial charge in [-0.2, -0.15) is 0 Å². The molecule has 1 amide bonds. The third-order valence-electron chi connectivity index (χ3n) is 3.38.